The summed E-state index contributed by atoms with van der Waals surface area (Å²) >= 11 is 6.17. The fourth-order valence-corrected chi connectivity index (χ4v) is 3.22. The summed E-state index contributed by atoms with van der Waals surface area (Å²) in [5.74, 6) is 1.30. The lowest BCUT2D eigenvalue weighted by atomic mass is 10.0. The molecule has 1 aliphatic carbocycles. The molecule has 25 heavy (non-hydrogen) atoms. The van der Waals surface area contributed by atoms with Crippen molar-refractivity contribution < 1.29 is 9.21 Å². The first-order valence-electron chi connectivity index (χ1n) is 8.69. The summed E-state index contributed by atoms with van der Waals surface area (Å²) in [7, 11) is 0. The molecule has 1 unspecified atom stereocenters. The average molecular weight is 360 g/mol. The molecule has 1 amide bonds. The molecule has 132 valence electrons. The molecule has 0 bridgehead atoms. The Balaban J connectivity index is 1.69. The van der Waals surface area contributed by atoms with Crippen LogP contribution in [0, 0.1) is 5.92 Å². The maximum absolute atomic E-state index is 12.6. The zero-order valence-corrected chi connectivity index (χ0v) is 15.1. The molecular formula is C19H22ClN3O2. The van der Waals surface area contributed by atoms with Crippen molar-refractivity contribution >= 4 is 17.5 Å². The number of hydrogen-bond donors (Lipinski definition) is 0. The quantitative estimate of drug-likeness (QED) is 0.683. The van der Waals surface area contributed by atoms with E-state index in [1.165, 1.54) is 0 Å². The highest BCUT2D eigenvalue weighted by molar-refractivity contribution is 6.33. The van der Waals surface area contributed by atoms with Crippen molar-refractivity contribution in [1.82, 2.24) is 15.1 Å². The standard InChI is InChI=1S/C19H22ClN3O2/c1-2-11-23(18(24)12-14-7-3-4-8-14)13-17-21-22-19(25-17)15-9-5-6-10-16(15)20/h3,5-7,9-10,14H,2,4,8,11-13H2,1H3. The van der Waals surface area contributed by atoms with Gasteiger partial charge in [0.15, 0.2) is 0 Å². The number of benzene rings is 1. The van der Waals surface area contributed by atoms with Gasteiger partial charge in [0.25, 0.3) is 0 Å². The SMILES string of the molecule is CCCN(Cc1nnc(-c2ccccc2Cl)o1)C(=O)CC1C=CCC1. The van der Waals surface area contributed by atoms with E-state index in [9.17, 15) is 4.79 Å². The molecule has 6 heteroatoms. The summed E-state index contributed by atoms with van der Waals surface area (Å²) in [6.07, 6.45) is 7.85. The molecule has 0 radical (unpaired) electrons. The van der Waals surface area contributed by atoms with E-state index in [1.54, 1.807) is 11.0 Å². The zero-order valence-electron chi connectivity index (χ0n) is 14.3. The van der Waals surface area contributed by atoms with Crippen LogP contribution in [0.5, 0.6) is 0 Å². The lowest BCUT2D eigenvalue weighted by molar-refractivity contribution is -0.132. The largest absolute Gasteiger partial charge is 0.419 e. The Bertz CT molecular complexity index is 757. The Hall–Kier alpha value is -2.14. The minimum atomic E-state index is 0.135. The highest BCUT2D eigenvalue weighted by Gasteiger charge is 2.21. The fraction of sp³-hybridized carbons (Fsp3) is 0.421. The van der Waals surface area contributed by atoms with Gasteiger partial charge >= 0.3 is 0 Å². The first-order valence-corrected chi connectivity index (χ1v) is 9.07. The van der Waals surface area contributed by atoms with Gasteiger partial charge < -0.3 is 9.32 Å². The molecule has 0 saturated heterocycles. The fourth-order valence-electron chi connectivity index (χ4n) is 3.00. The molecule has 1 aromatic carbocycles. The van der Waals surface area contributed by atoms with E-state index >= 15 is 0 Å². The second-order valence-electron chi connectivity index (χ2n) is 6.27. The molecule has 0 saturated carbocycles. The Morgan fingerprint density at radius 2 is 2.20 bits per heavy atom. The van der Waals surface area contributed by atoms with Crippen LogP contribution in [0.3, 0.4) is 0 Å². The van der Waals surface area contributed by atoms with E-state index in [1.807, 2.05) is 18.2 Å². The van der Waals surface area contributed by atoms with Crippen LogP contribution in [-0.2, 0) is 11.3 Å². The van der Waals surface area contributed by atoms with E-state index in [2.05, 4.69) is 29.3 Å². The van der Waals surface area contributed by atoms with Crippen LogP contribution in [0.25, 0.3) is 11.5 Å². The summed E-state index contributed by atoms with van der Waals surface area (Å²) in [5, 5.41) is 8.72. The third kappa shape index (κ3) is 4.48. The maximum Gasteiger partial charge on any atom is 0.249 e. The lowest BCUT2D eigenvalue weighted by Gasteiger charge is -2.21. The van der Waals surface area contributed by atoms with E-state index < -0.39 is 0 Å². The number of aromatic nitrogens is 2. The number of rotatable bonds is 7. The summed E-state index contributed by atoms with van der Waals surface area (Å²) in [5.41, 5.74) is 0.701. The first-order chi connectivity index (χ1) is 12.2. The molecule has 5 nitrogen and oxygen atoms in total. The van der Waals surface area contributed by atoms with Crippen LogP contribution in [0.1, 0.15) is 38.5 Å². The van der Waals surface area contributed by atoms with Gasteiger partial charge in [-0.15, -0.1) is 10.2 Å². The number of amides is 1. The molecule has 3 rings (SSSR count). The minimum Gasteiger partial charge on any atom is -0.419 e. The van der Waals surface area contributed by atoms with Gasteiger partial charge in [-0.1, -0.05) is 42.8 Å². The van der Waals surface area contributed by atoms with Gasteiger partial charge in [0, 0.05) is 13.0 Å². The van der Waals surface area contributed by atoms with Crippen molar-refractivity contribution in [1.29, 1.82) is 0 Å². The minimum absolute atomic E-state index is 0.135. The lowest BCUT2D eigenvalue weighted by Crippen LogP contribution is -2.32. The summed E-state index contributed by atoms with van der Waals surface area (Å²) in [6, 6.07) is 7.33. The second kappa shape index (κ2) is 8.30. The second-order valence-corrected chi connectivity index (χ2v) is 6.67. The van der Waals surface area contributed by atoms with Crippen LogP contribution >= 0.6 is 11.6 Å². The Morgan fingerprint density at radius 1 is 1.36 bits per heavy atom. The molecule has 0 N–H and O–H groups in total. The molecule has 1 heterocycles. The molecule has 0 spiro atoms. The zero-order chi connectivity index (χ0) is 17.6. The molecule has 2 aromatic rings. The third-order valence-corrected chi connectivity index (χ3v) is 4.62. The van der Waals surface area contributed by atoms with Crippen molar-refractivity contribution in [2.45, 2.75) is 39.2 Å². The number of halogens is 1. The predicted octanol–water partition coefficient (Wildman–Crippen LogP) is 4.48. The van der Waals surface area contributed by atoms with Crippen LogP contribution in [0.4, 0.5) is 0 Å². The smallest absolute Gasteiger partial charge is 0.249 e. The monoisotopic (exact) mass is 359 g/mol. The molecule has 1 aliphatic rings. The molecule has 1 atom stereocenters. The van der Waals surface area contributed by atoms with Gasteiger partial charge in [0.1, 0.15) is 0 Å². The number of nitrogens with zero attached hydrogens (tertiary/aromatic N) is 3. The van der Waals surface area contributed by atoms with Crippen molar-refractivity contribution in [3.05, 3.63) is 47.3 Å². The van der Waals surface area contributed by atoms with Crippen molar-refractivity contribution in [2.24, 2.45) is 5.92 Å². The van der Waals surface area contributed by atoms with E-state index in [0.717, 1.165) is 19.3 Å². The predicted molar refractivity (Wildman–Crippen MR) is 96.9 cm³/mol. The van der Waals surface area contributed by atoms with Crippen molar-refractivity contribution in [3.63, 3.8) is 0 Å². The Morgan fingerprint density at radius 3 is 2.92 bits per heavy atom. The van der Waals surface area contributed by atoms with Gasteiger partial charge in [-0.05, 0) is 37.3 Å². The maximum atomic E-state index is 12.6. The molecular weight excluding hydrogens is 338 g/mol. The Labute approximate surface area is 152 Å². The van der Waals surface area contributed by atoms with Crippen LogP contribution in [0.15, 0.2) is 40.8 Å². The van der Waals surface area contributed by atoms with Gasteiger partial charge in [-0.2, -0.15) is 0 Å². The summed E-state index contributed by atoms with van der Waals surface area (Å²) in [4.78, 5) is 14.4. The van der Waals surface area contributed by atoms with E-state index in [-0.39, 0.29) is 5.91 Å². The van der Waals surface area contributed by atoms with Crippen LogP contribution in [-0.4, -0.2) is 27.5 Å². The number of carbonyl (C=O) groups is 1. The molecule has 0 fully saturated rings. The normalized spacial score (nSPS) is 16.3. The van der Waals surface area contributed by atoms with Crippen LogP contribution in [0.2, 0.25) is 5.02 Å². The van der Waals surface area contributed by atoms with E-state index in [0.29, 0.717) is 47.8 Å². The number of carbonyl (C=O) groups excluding carboxylic acids is 1. The highest BCUT2D eigenvalue weighted by Crippen LogP contribution is 2.27. The van der Waals surface area contributed by atoms with Crippen molar-refractivity contribution in [2.75, 3.05) is 6.54 Å². The topological polar surface area (TPSA) is 59.2 Å². The summed E-state index contributed by atoms with van der Waals surface area (Å²) < 4.78 is 5.73. The number of allylic oxidation sites excluding steroid dienone is 2. The molecule has 1 aromatic heterocycles. The van der Waals surface area contributed by atoms with E-state index in [4.69, 9.17) is 16.0 Å². The molecule has 0 aliphatic heterocycles. The van der Waals surface area contributed by atoms with Gasteiger partial charge in [-0.25, -0.2) is 0 Å². The first kappa shape index (κ1) is 17.7. The van der Waals surface area contributed by atoms with Gasteiger partial charge in [0.2, 0.25) is 17.7 Å². The van der Waals surface area contributed by atoms with Gasteiger partial charge in [0.05, 0.1) is 17.1 Å². The van der Waals surface area contributed by atoms with Gasteiger partial charge in [-0.3, -0.25) is 4.79 Å². The average Bonchev–Trinajstić information content (AvgIpc) is 3.27. The Kier molecular flexibility index (Phi) is 5.87. The van der Waals surface area contributed by atoms with Crippen molar-refractivity contribution in [3.8, 4) is 11.5 Å². The number of hydrogen-bond acceptors (Lipinski definition) is 4. The van der Waals surface area contributed by atoms with Crippen LogP contribution < -0.4 is 0 Å². The highest BCUT2D eigenvalue weighted by atomic mass is 35.5. The summed E-state index contributed by atoms with van der Waals surface area (Å²) in [6.45, 7) is 3.07. The third-order valence-electron chi connectivity index (χ3n) is 4.29.